The molecule has 0 aromatic heterocycles. The summed E-state index contributed by atoms with van der Waals surface area (Å²) in [6, 6.07) is 14.6. The smallest absolute Gasteiger partial charge is 0.251 e. The molecule has 1 atom stereocenters. The van der Waals surface area contributed by atoms with Gasteiger partial charge in [-0.1, -0.05) is 38.1 Å². The van der Waals surface area contributed by atoms with Crippen molar-refractivity contribution in [3.05, 3.63) is 71.0 Å². The number of nitrogens with one attached hydrogen (secondary N) is 2. The van der Waals surface area contributed by atoms with Crippen molar-refractivity contribution >= 4 is 11.8 Å². The van der Waals surface area contributed by atoms with E-state index in [1.807, 2.05) is 38.1 Å². The van der Waals surface area contributed by atoms with E-state index in [0.717, 1.165) is 36.8 Å². The summed E-state index contributed by atoms with van der Waals surface area (Å²) in [6.45, 7) is 5.09. The van der Waals surface area contributed by atoms with Crippen molar-refractivity contribution in [1.82, 2.24) is 15.5 Å². The number of halogens is 1. The topological polar surface area (TPSA) is 61.4 Å². The molecule has 0 spiro atoms. The molecule has 0 saturated heterocycles. The molecule has 2 amide bonds. The largest absolute Gasteiger partial charge is 0.349 e. The zero-order chi connectivity index (χ0) is 22.7. The number of hydrogen-bond donors (Lipinski definition) is 2. The molecule has 2 aromatic rings. The van der Waals surface area contributed by atoms with Gasteiger partial charge in [0, 0.05) is 24.2 Å². The lowest BCUT2D eigenvalue weighted by molar-refractivity contribution is -0.123. The number of hydrogen-bond acceptors (Lipinski definition) is 3. The Morgan fingerprint density at radius 1 is 1.00 bits per heavy atom. The second-order valence-corrected chi connectivity index (χ2v) is 9.42. The van der Waals surface area contributed by atoms with Crippen LogP contribution in [0.2, 0.25) is 0 Å². The number of amides is 2. The van der Waals surface area contributed by atoms with Crippen LogP contribution in [0.1, 0.15) is 67.1 Å². The molecule has 32 heavy (non-hydrogen) atoms. The van der Waals surface area contributed by atoms with Gasteiger partial charge in [0.1, 0.15) is 5.82 Å². The van der Waals surface area contributed by atoms with Gasteiger partial charge >= 0.3 is 0 Å². The van der Waals surface area contributed by atoms with Gasteiger partial charge in [-0.2, -0.15) is 0 Å². The van der Waals surface area contributed by atoms with Crippen LogP contribution in [0, 0.1) is 11.7 Å². The van der Waals surface area contributed by atoms with E-state index in [0.29, 0.717) is 30.7 Å². The minimum atomic E-state index is -0.279. The SMILES string of the molecule is CC(C)C(NC(=O)CN(Cc1ccc(C(=O)NC2CC2)cc1)C1CC1)c1ccc(F)cc1. The van der Waals surface area contributed by atoms with Crippen molar-refractivity contribution in [3.8, 4) is 0 Å². The van der Waals surface area contributed by atoms with Crippen LogP contribution in [0.3, 0.4) is 0 Å². The van der Waals surface area contributed by atoms with E-state index in [-0.39, 0.29) is 29.6 Å². The molecule has 2 aliphatic rings. The molecule has 2 aliphatic carbocycles. The van der Waals surface area contributed by atoms with Gasteiger partial charge in [-0.3, -0.25) is 14.5 Å². The predicted molar refractivity (Wildman–Crippen MR) is 122 cm³/mol. The molecule has 6 heteroatoms. The summed E-state index contributed by atoms with van der Waals surface area (Å²) in [4.78, 5) is 27.3. The fourth-order valence-electron chi connectivity index (χ4n) is 3.95. The summed E-state index contributed by atoms with van der Waals surface area (Å²) < 4.78 is 13.3. The predicted octanol–water partition coefficient (Wildman–Crippen LogP) is 4.20. The summed E-state index contributed by atoms with van der Waals surface area (Å²) in [5.74, 6) is -0.134. The van der Waals surface area contributed by atoms with Crippen molar-refractivity contribution in [3.63, 3.8) is 0 Å². The van der Waals surface area contributed by atoms with Crippen LogP contribution >= 0.6 is 0 Å². The van der Waals surface area contributed by atoms with Crippen LogP contribution in [0.25, 0.3) is 0 Å². The number of carbonyl (C=O) groups is 2. The zero-order valence-corrected chi connectivity index (χ0v) is 18.8. The molecule has 2 N–H and O–H groups in total. The molecule has 0 aliphatic heterocycles. The summed E-state index contributed by atoms with van der Waals surface area (Å²) in [5.41, 5.74) is 2.68. The van der Waals surface area contributed by atoms with Crippen molar-refractivity contribution in [2.24, 2.45) is 5.92 Å². The molecular formula is C26H32FN3O2. The van der Waals surface area contributed by atoms with Gasteiger partial charge in [-0.25, -0.2) is 4.39 Å². The van der Waals surface area contributed by atoms with E-state index in [4.69, 9.17) is 0 Å². The van der Waals surface area contributed by atoms with Gasteiger partial charge in [0.25, 0.3) is 5.91 Å². The van der Waals surface area contributed by atoms with Crippen LogP contribution in [-0.2, 0) is 11.3 Å². The highest BCUT2D eigenvalue weighted by Crippen LogP contribution is 2.29. The Hall–Kier alpha value is -2.73. The van der Waals surface area contributed by atoms with E-state index in [2.05, 4.69) is 15.5 Å². The Morgan fingerprint density at radius 2 is 1.66 bits per heavy atom. The Labute approximate surface area is 189 Å². The molecule has 170 valence electrons. The second-order valence-electron chi connectivity index (χ2n) is 9.42. The van der Waals surface area contributed by atoms with Crippen molar-refractivity contribution in [2.45, 2.75) is 64.2 Å². The first-order chi connectivity index (χ1) is 15.4. The first-order valence-electron chi connectivity index (χ1n) is 11.6. The van der Waals surface area contributed by atoms with E-state index in [9.17, 15) is 14.0 Å². The first kappa shape index (κ1) is 22.5. The number of benzene rings is 2. The maximum atomic E-state index is 13.3. The minimum Gasteiger partial charge on any atom is -0.349 e. The minimum absolute atomic E-state index is 0.0157. The van der Waals surface area contributed by atoms with Crippen LogP contribution in [-0.4, -0.2) is 35.3 Å². The van der Waals surface area contributed by atoms with Gasteiger partial charge in [-0.15, -0.1) is 0 Å². The summed E-state index contributed by atoms with van der Waals surface area (Å²) in [7, 11) is 0. The first-order valence-corrected chi connectivity index (χ1v) is 11.6. The summed E-state index contributed by atoms with van der Waals surface area (Å²) in [5, 5.41) is 6.15. The maximum Gasteiger partial charge on any atom is 0.251 e. The zero-order valence-electron chi connectivity index (χ0n) is 18.8. The average molecular weight is 438 g/mol. The molecule has 2 aromatic carbocycles. The lowest BCUT2D eigenvalue weighted by Gasteiger charge is -2.26. The standard InChI is InChI=1S/C26H32FN3O2/c1-17(2)25(19-7-9-21(27)10-8-19)29-24(31)16-30(23-13-14-23)15-18-3-5-20(6-4-18)26(32)28-22-11-12-22/h3-10,17,22-23,25H,11-16H2,1-2H3,(H,28,32)(H,29,31). The van der Waals surface area contributed by atoms with Crippen molar-refractivity contribution < 1.29 is 14.0 Å². The van der Waals surface area contributed by atoms with Crippen LogP contribution in [0.15, 0.2) is 48.5 Å². The summed E-state index contributed by atoms with van der Waals surface area (Å²) >= 11 is 0. The highest BCUT2D eigenvalue weighted by Gasteiger charge is 2.31. The van der Waals surface area contributed by atoms with Gasteiger partial charge in [0.05, 0.1) is 12.6 Å². The molecule has 0 heterocycles. The molecule has 5 nitrogen and oxygen atoms in total. The lowest BCUT2D eigenvalue weighted by Crippen LogP contribution is -2.41. The van der Waals surface area contributed by atoms with E-state index < -0.39 is 0 Å². The van der Waals surface area contributed by atoms with Crippen LogP contribution in [0.4, 0.5) is 4.39 Å². The highest BCUT2D eigenvalue weighted by molar-refractivity contribution is 5.94. The molecule has 0 bridgehead atoms. The Bertz CT molecular complexity index is 935. The Kier molecular flexibility index (Phi) is 6.89. The number of rotatable bonds is 10. The maximum absolute atomic E-state index is 13.3. The Balaban J connectivity index is 1.36. The third kappa shape index (κ3) is 6.16. The fraction of sp³-hybridized carbons (Fsp3) is 0.462. The third-order valence-corrected chi connectivity index (χ3v) is 6.14. The van der Waals surface area contributed by atoms with Gasteiger partial charge in [-0.05, 0) is 67.0 Å². The van der Waals surface area contributed by atoms with Crippen molar-refractivity contribution in [1.29, 1.82) is 0 Å². The molecule has 0 radical (unpaired) electrons. The molecule has 2 saturated carbocycles. The second kappa shape index (κ2) is 9.82. The van der Waals surface area contributed by atoms with Gasteiger partial charge in [0.15, 0.2) is 0 Å². The lowest BCUT2D eigenvalue weighted by atomic mass is 9.96. The third-order valence-electron chi connectivity index (χ3n) is 6.14. The van der Waals surface area contributed by atoms with Crippen LogP contribution in [0.5, 0.6) is 0 Å². The number of carbonyl (C=O) groups excluding carboxylic acids is 2. The van der Waals surface area contributed by atoms with Gasteiger partial charge < -0.3 is 10.6 Å². The molecule has 4 rings (SSSR count). The van der Waals surface area contributed by atoms with E-state index in [1.165, 1.54) is 12.1 Å². The average Bonchev–Trinajstić information content (AvgIpc) is 3.67. The van der Waals surface area contributed by atoms with E-state index in [1.54, 1.807) is 12.1 Å². The fourth-order valence-corrected chi connectivity index (χ4v) is 3.95. The quantitative estimate of drug-likeness (QED) is 0.586. The Morgan fingerprint density at radius 3 is 2.22 bits per heavy atom. The van der Waals surface area contributed by atoms with Gasteiger partial charge in [0.2, 0.25) is 5.91 Å². The molecular weight excluding hydrogens is 405 g/mol. The monoisotopic (exact) mass is 437 g/mol. The summed E-state index contributed by atoms with van der Waals surface area (Å²) in [6.07, 6.45) is 4.34. The highest BCUT2D eigenvalue weighted by atomic mass is 19.1. The normalized spacial score (nSPS) is 16.8. The van der Waals surface area contributed by atoms with Crippen molar-refractivity contribution in [2.75, 3.05) is 6.54 Å². The molecule has 2 fully saturated rings. The van der Waals surface area contributed by atoms with E-state index >= 15 is 0 Å². The molecule has 1 unspecified atom stereocenters. The van der Waals surface area contributed by atoms with Crippen LogP contribution < -0.4 is 10.6 Å². The number of nitrogens with zero attached hydrogens (tertiary/aromatic N) is 1.